The summed E-state index contributed by atoms with van der Waals surface area (Å²) in [5.41, 5.74) is 0. The maximum atomic E-state index is 13.0. The Morgan fingerprint density at radius 2 is 1.70 bits per heavy atom. The summed E-state index contributed by atoms with van der Waals surface area (Å²) >= 11 is 12.0. The molecule has 0 unspecified atom stereocenters. The van der Waals surface area contributed by atoms with Gasteiger partial charge in [-0.15, -0.1) is 0 Å². The van der Waals surface area contributed by atoms with Crippen LogP contribution >= 0.6 is 23.2 Å². The molecule has 0 N–H and O–H groups in total. The molecular weight excluding hydrogens is 411 g/mol. The van der Waals surface area contributed by atoms with Gasteiger partial charge in [-0.2, -0.15) is 0 Å². The van der Waals surface area contributed by atoms with E-state index in [0.717, 1.165) is 0 Å². The topological polar surface area (TPSA) is 69.7 Å². The van der Waals surface area contributed by atoms with Crippen molar-refractivity contribution in [2.24, 2.45) is 5.92 Å². The molecule has 1 aliphatic carbocycles. The fourth-order valence-electron chi connectivity index (χ4n) is 3.28. The average molecular weight is 429 g/mol. The van der Waals surface area contributed by atoms with Crippen molar-refractivity contribution in [3.05, 3.63) is 58.6 Å². The molecule has 1 fully saturated rings. The molecule has 5 nitrogen and oxygen atoms in total. The van der Waals surface area contributed by atoms with E-state index in [1.165, 1.54) is 19.2 Å². The lowest BCUT2D eigenvalue weighted by molar-refractivity contribution is -0.147. The SMILES string of the molecule is COC(=O)[C@H]1C[C@H](S(=O)(=O)c2ccccc2Cl)C[C@@H]1Oc1ccc(Cl)cc1. The minimum absolute atomic E-state index is 0.0624. The van der Waals surface area contributed by atoms with E-state index in [1.54, 1.807) is 36.4 Å². The van der Waals surface area contributed by atoms with Gasteiger partial charge < -0.3 is 9.47 Å². The largest absolute Gasteiger partial charge is 0.489 e. The van der Waals surface area contributed by atoms with Gasteiger partial charge in [0.1, 0.15) is 11.9 Å². The zero-order chi connectivity index (χ0) is 19.6. The molecule has 0 amide bonds. The van der Waals surface area contributed by atoms with Crippen LogP contribution in [0.1, 0.15) is 12.8 Å². The second-order valence-corrected chi connectivity index (χ2v) is 9.35. The van der Waals surface area contributed by atoms with Crippen molar-refractivity contribution in [1.29, 1.82) is 0 Å². The number of benzene rings is 2. The number of carbonyl (C=O) groups excluding carboxylic acids is 1. The summed E-state index contributed by atoms with van der Waals surface area (Å²) in [5.74, 6) is -0.673. The molecule has 0 bridgehead atoms. The van der Waals surface area contributed by atoms with E-state index in [2.05, 4.69) is 0 Å². The van der Waals surface area contributed by atoms with Crippen molar-refractivity contribution in [3.8, 4) is 5.75 Å². The second-order valence-electron chi connectivity index (χ2n) is 6.31. The van der Waals surface area contributed by atoms with E-state index in [4.69, 9.17) is 32.7 Å². The molecular formula is C19H18Cl2O5S. The maximum Gasteiger partial charge on any atom is 0.312 e. The zero-order valence-corrected chi connectivity index (χ0v) is 16.8. The van der Waals surface area contributed by atoms with Crippen LogP contribution in [0.3, 0.4) is 0 Å². The van der Waals surface area contributed by atoms with E-state index >= 15 is 0 Å². The molecule has 27 heavy (non-hydrogen) atoms. The Morgan fingerprint density at radius 1 is 1.04 bits per heavy atom. The fourth-order valence-corrected chi connectivity index (χ4v) is 5.74. The molecule has 144 valence electrons. The number of esters is 1. The summed E-state index contributed by atoms with van der Waals surface area (Å²) in [6, 6.07) is 13.0. The van der Waals surface area contributed by atoms with Gasteiger partial charge in [-0.1, -0.05) is 35.3 Å². The standard InChI is InChI=1S/C19H18Cl2O5S/c1-25-19(22)15-10-14(27(23,24)18-5-3-2-4-16(18)21)11-17(15)26-13-8-6-12(20)7-9-13/h2-9,14-15,17H,10-11H2,1H3/t14-,15-,17-/m0/s1. The molecule has 0 spiro atoms. The lowest BCUT2D eigenvalue weighted by Crippen LogP contribution is -2.29. The van der Waals surface area contributed by atoms with E-state index in [1.807, 2.05) is 0 Å². The van der Waals surface area contributed by atoms with Gasteiger partial charge in [-0.25, -0.2) is 8.42 Å². The molecule has 0 aliphatic heterocycles. The summed E-state index contributed by atoms with van der Waals surface area (Å²) in [6.45, 7) is 0. The van der Waals surface area contributed by atoms with Gasteiger partial charge in [-0.05, 0) is 42.8 Å². The van der Waals surface area contributed by atoms with Crippen molar-refractivity contribution in [2.45, 2.75) is 29.1 Å². The van der Waals surface area contributed by atoms with Crippen molar-refractivity contribution in [3.63, 3.8) is 0 Å². The van der Waals surface area contributed by atoms with Crippen LogP contribution in [0.2, 0.25) is 10.0 Å². The number of rotatable bonds is 5. The lowest BCUT2D eigenvalue weighted by Gasteiger charge is -2.19. The highest BCUT2D eigenvalue weighted by molar-refractivity contribution is 7.92. The van der Waals surface area contributed by atoms with Gasteiger partial charge in [0.05, 0.1) is 28.2 Å². The first-order chi connectivity index (χ1) is 12.8. The fraction of sp³-hybridized carbons (Fsp3) is 0.316. The van der Waals surface area contributed by atoms with Gasteiger partial charge in [0, 0.05) is 11.4 Å². The Labute approximate surface area is 168 Å². The predicted molar refractivity (Wildman–Crippen MR) is 103 cm³/mol. The van der Waals surface area contributed by atoms with E-state index in [9.17, 15) is 13.2 Å². The highest BCUT2D eigenvalue weighted by Gasteiger charge is 2.47. The summed E-state index contributed by atoms with van der Waals surface area (Å²) < 4.78 is 36.8. The van der Waals surface area contributed by atoms with Crippen LogP contribution in [0.5, 0.6) is 5.75 Å². The smallest absolute Gasteiger partial charge is 0.312 e. The van der Waals surface area contributed by atoms with Crippen molar-refractivity contribution < 1.29 is 22.7 Å². The molecule has 3 atom stereocenters. The van der Waals surface area contributed by atoms with Gasteiger partial charge in [0.15, 0.2) is 9.84 Å². The van der Waals surface area contributed by atoms with Gasteiger partial charge in [0.2, 0.25) is 0 Å². The minimum Gasteiger partial charge on any atom is -0.489 e. The summed E-state index contributed by atoms with van der Waals surface area (Å²) in [4.78, 5) is 12.3. The van der Waals surface area contributed by atoms with Crippen LogP contribution in [-0.4, -0.2) is 32.9 Å². The van der Waals surface area contributed by atoms with Crippen LogP contribution in [-0.2, 0) is 19.4 Å². The number of hydrogen-bond acceptors (Lipinski definition) is 5. The van der Waals surface area contributed by atoms with Crippen LogP contribution in [0.4, 0.5) is 0 Å². The third kappa shape index (κ3) is 4.23. The van der Waals surface area contributed by atoms with Gasteiger partial charge in [-0.3, -0.25) is 4.79 Å². The Bertz CT molecular complexity index is 927. The molecule has 0 aromatic heterocycles. The summed E-state index contributed by atoms with van der Waals surface area (Å²) in [6.07, 6.45) is -0.352. The van der Waals surface area contributed by atoms with Crippen molar-refractivity contribution in [1.82, 2.24) is 0 Å². The number of sulfone groups is 1. The average Bonchev–Trinajstić information content (AvgIpc) is 3.08. The number of hydrogen-bond donors (Lipinski definition) is 0. The molecule has 1 saturated carbocycles. The second kappa shape index (κ2) is 8.09. The normalized spacial score (nSPS) is 22.4. The Morgan fingerprint density at radius 3 is 2.33 bits per heavy atom. The lowest BCUT2D eigenvalue weighted by atomic mass is 10.1. The minimum atomic E-state index is -3.72. The molecule has 2 aromatic rings. The van der Waals surface area contributed by atoms with Crippen LogP contribution in [0.25, 0.3) is 0 Å². The summed E-state index contributed by atoms with van der Waals surface area (Å²) in [5, 5.41) is -0.0783. The first-order valence-corrected chi connectivity index (χ1v) is 10.6. The quantitative estimate of drug-likeness (QED) is 0.668. The van der Waals surface area contributed by atoms with Crippen LogP contribution in [0, 0.1) is 5.92 Å². The van der Waals surface area contributed by atoms with E-state index < -0.39 is 33.1 Å². The maximum absolute atomic E-state index is 13.0. The Kier molecular flexibility index (Phi) is 5.99. The number of halogens is 2. The molecule has 3 rings (SSSR count). The monoisotopic (exact) mass is 428 g/mol. The van der Waals surface area contributed by atoms with Crippen molar-refractivity contribution >= 4 is 39.0 Å². The molecule has 0 heterocycles. The molecule has 0 radical (unpaired) electrons. The van der Waals surface area contributed by atoms with Crippen LogP contribution < -0.4 is 4.74 Å². The number of ether oxygens (including phenoxy) is 2. The first-order valence-electron chi connectivity index (χ1n) is 8.31. The molecule has 0 saturated heterocycles. The number of methoxy groups -OCH3 is 1. The Hall–Kier alpha value is -1.76. The highest BCUT2D eigenvalue weighted by Crippen LogP contribution is 2.38. The molecule has 2 aromatic carbocycles. The van der Waals surface area contributed by atoms with E-state index in [0.29, 0.717) is 10.8 Å². The highest BCUT2D eigenvalue weighted by atomic mass is 35.5. The third-order valence-corrected chi connectivity index (χ3v) is 7.57. The first kappa shape index (κ1) is 20.0. The number of carbonyl (C=O) groups is 1. The van der Waals surface area contributed by atoms with E-state index in [-0.39, 0.29) is 22.8 Å². The predicted octanol–water partition coefficient (Wildman–Crippen LogP) is 4.17. The third-order valence-electron chi connectivity index (χ3n) is 4.65. The van der Waals surface area contributed by atoms with Gasteiger partial charge >= 0.3 is 5.97 Å². The summed E-state index contributed by atoms with van der Waals surface area (Å²) in [7, 11) is -2.44. The zero-order valence-electron chi connectivity index (χ0n) is 14.5. The van der Waals surface area contributed by atoms with Crippen molar-refractivity contribution in [2.75, 3.05) is 7.11 Å². The van der Waals surface area contributed by atoms with Crippen LogP contribution in [0.15, 0.2) is 53.4 Å². The molecule has 8 heteroatoms. The molecule has 1 aliphatic rings. The van der Waals surface area contributed by atoms with Gasteiger partial charge in [0.25, 0.3) is 0 Å². The Balaban J connectivity index is 1.88.